The van der Waals surface area contributed by atoms with Crippen molar-refractivity contribution in [3.63, 3.8) is 0 Å². The van der Waals surface area contributed by atoms with Gasteiger partial charge in [-0.2, -0.15) is 0 Å². The Labute approximate surface area is 90.7 Å². The molecular weight excluding hydrogens is 252 g/mol. The lowest BCUT2D eigenvalue weighted by Gasteiger charge is -1.98. The summed E-state index contributed by atoms with van der Waals surface area (Å²) < 4.78 is 21.4. The number of sulfone groups is 1. The highest BCUT2D eigenvalue weighted by atomic mass is 33.1. The summed E-state index contributed by atoms with van der Waals surface area (Å²) in [5.41, 5.74) is 0. The smallest absolute Gasteiger partial charge is 0.156 e. The average molecular weight is 264 g/mol. The third-order valence-corrected chi connectivity index (χ3v) is 7.29. The summed E-state index contributed by atoms with van der Waals surface area (Å²) in [4.78, 5) is 0. The minimum atomic E-state index is -2.78. The van der Waals surface area contributed by atoms with Gasteiger partial charge < -0.3 is 0 Å². The first-order valence-corrected chi connectivity index (χ1v) is 10.1. The summed E-state index contributed by atoms with van der Waals surface area (Å²) >= 11 is 3.22. The molecule has 0 spiro atoms. The van der Waals surface area contributed by atoms with Crippen molar-refractivity contribution in [1.29, 1.82) is 0 Å². The molecular formula is C5H12O2S5. The van der Waals surface area contributed by atoms with E-state index in [0.717, 1.165) is 10.2 Å². The second kappa shape index (κ2) is 7.73. The molecule has 0 N–H and O–H groups in total. The van der Waals surface area contributed by atoms with E-state index in [4.69, 9.17) is 0 Å². The lowest BCUT2D eigenvalue weighted by Crippen LogP contribution is -1.98. The third-order valence-electron chi connectivity index (χ3n) is 0.713. The lowest BCUT2D eigenvalue weighted by molar-refractivity contribution is 0.606. The fourth-order valence-electron chi connectivity index (χ4n) is 0.360. The van der Waals surface area contributed by atoms with Crippen LogP contribution >= 0.6 is 45.1 Å². The predicted octanol–water partition coefficient (Wildman–Crippen LogP) is 2.38. The SMILES string of the molecule is CSSCSCSCS(C)(=O)=O. The van der Waals surface area contributed by atoms with E-state index >= 15 is 0 Å². The van der Waals surface area contributed by atoms with Gasteiger partial charge in [0.25, 0.3) is 0 Å². The summed E-state index contributed by atoms with van der Waals surface area (Å²) in [6.07, 6.45) is 3.30. The van der Waals surface area contributed by atoms with Crippen molar-refractivity contribution in [2.75, 3.05) is 27.8 Å². The molecule has 74 valence electrons. The van der Waals surface area contributed by atoms with E-state index < -0.39 is 9.84 Å². The summed E-state index contributed by atoms with van der Waals surface area (Å²) in [5.74, 6) is 0. The first kappa shape index (κ1) is 13.4. The van der Waals surface area contributed by atoms with Gasteiger partial charge in [-0.05, 0) is 6.26 Å². The zero-order valence-corrected chi connectivity index (χ0v) is 11.1. The molecule has 0 aliphatic rings. The van der Waals surface area contributed by atoms with Crippen LogP contribution in [-0.2, 0) is 9.84 Å². The van der Waals surface area contributed by atoms with Crippen LogP contribution in [0.15, 0.2) is 0 Å². The van der Waals surface area contributed by atoms with Gasteiger partial charge in [-0.25, -0.2) is 8.42 Å². The molecule has 0 aliphatic heterocycles. The fourth-order valence-corrected chi connectivity index (χ4v) is 5.95. The van der Waals surface area contributed by atoms with Crippen LogP contribution in [0.1, 0.15) is 0 Å². The van der Waals surface area contributed by atoms with Crippen molar-refractivity contribution >= 4 is 54.9 Å². The van der Waals surface area contributed by atoms with E-state index in [2.05, 4.69) is 0 Å². The van der Waals surface area contributed by atoms with Gasteiger partial charge in [0, 0.05) is 11.3 Å². The van der Waals surface area contributed by atoms with E-state index in [1.807, 2.05) is 6.26 Å². The van der Waals surface area contributed by atoms with Gasteiger partial charge in [0.15, 0.2) is 9.84 Å². The molecule has 0 aromatic carbocycles. The van der Waals surface area contributed by atoms with Crippen molar-refractivity contribution in [2.24, 2.45) is 0 Å². The van der Waals surface area contributed by atoms with E-state index in [0.29, 0.717) is 0 Å². The second-order valence-corrected chi connectivity index (χ2v) is 9.74. The molecule has 0 amide bonds. The molecule has 0 aliphatic carbocycles. The number of hydrogen-bond donors (Lipinski definition) is 0. The van der Waals surface area contributed by atoms with Gasteiger partial charge in [0.05, 0.1) is 10.2 Å². The summed E-state index contributed by atoms with van der Waals surface area (Å²) in [6.45, 7) is 0. The quantitative estimate of drug-likeness (QED) is 0.399. The molecule has 0 radical (unpaired) electrons. The van der Waals surface area contributed by atoms with Crippen LogP contribution in [0.4, 0.5) is 0 Å². The average Bonchev–Trinajstić information content (AvgIpc) is 1.94. The Balaban J connectivity index is 3.12. The number of hydrogen-bond acceptors (Lipinski definition) is 6. The Morgan fingerprint density at radius 3 is 2.33 bits per heavy atom. The minimum Gasteiger partial charge on any atom is -0.228 e. The lowest BCUT2D eigenvalue weighted by atomic mass is 11.8. The fraction of sp³-hybridized carbons (Fsp3) is 1.00. The third kappa shape index (κ3) is 11.4. The highest BCUT2D eigenvalue weighted by molar-refractivity contribution is 8.78. The van der Waals surface area contributed by atoms with Crippen LogP contribution in [0, 0.1) is 0 Å². The van der Waals surface area contributed by atoms with E-state index in [-0.39, 0.29) is 5.08 Å². The number of thioether (sulfide) groups is 2. The Kier molecular flexibility index (Phi) is 8.60. The second-order valence-electron chi connectivity index (χ2n) is 1.97. The van der Waals surface area contributed by atoms with E-state index in [9.17, 15) is 8.42 Å². The van der Waals surface area contributed by atoms with Crippen molar-refractivity contribution < 1.29 is 8.42 Å². The molecule has 0 rings (SSSR count). The molecule has 0 saturated carbocycles. The zero-order chi connectivity index (χ0) is 9.45. The molecule has 7 heteroatoms. The molecule has 0 aromatic rings. The van der Waals surface area contributed by atoms with Crippen LogP contribution in [0.5, 0.6) is 0 Å². The minimum absolute atomic E-state index is 0.240. The standard InChI is InChI=1S/C5H12O2S5/c1-8-11-4-9-3-10-5-12(2,6)7/h3-5H2,1-2H3. The largest absolute Gasteiger partial charge is 0.228 e. The summed E-state index contributed by atoms with van der Waals surface area (Å²) in [7, 11) is 0.737. The maximum atomic E-state index is 10.7. The van der Waals surface area contributed by atoms with Crippen LogP contribution in [-0.4, -0.2) is 36.2 Å². The molecule has 0 aromatic heterocycles. The topological polar surface area (TPSA) is 34.1 Å². The van der Waals surface area contributed by atoms with Gasteiger partial charge in [-0.3, -0.25) is 0 Å². The highest BCUT2D eigenvalue weighted by Gasteiger charge is 2.00. The van der Waals surface area contributed by atoms with E-state index in [1.165, 1.54) is 18.0 Å². The molecule has 0 atom stereocenters. The predicted molar refractivity (Wildman–Crippen MR) is 65.7 cm³/mol. The van der Waals surface area contributed by atoms with Crippen LogP contribution < -0.4 is 0 Å². The van der Waals surface area contributed by atoms with Gasteiger partial charge in [0.2, 0.25) is 0 Å². The molecule has 0 fully saturated rings. The van der Waals surface area contributed by atoms with Crippen molar-refractivity contribution in [1.82, 2.24) is 0 Å². The maximum absolute atomic E-state index is 10.7. The zero-order valence-electron chi connectivity index (χ0n) is 6.98. The Bertz CT molecular complexity index is 188. The maximum Gasteiger partial charge on any atom is 0.156 e. The number of rotatable bonds is 7. The van der Waals surface area contributed by atoms with Crippen molar-refractivity contribution in [2.45, 2.75) is 0 Å². The van der Waals surface area contributed by atoms with Gasteiger partial charge in [0.1, 0.15) is 0 Å². The molecule has 2 nitrogen and oxygen atoms in total. The van der Waals surface area contributed by atoms with Crippen LogP contribution in [0.25, 0.3) is 0 Å². The van der Waals surface area contributed by atoms with Crippen molar-refractivity contribution in [3.8, 4) is 0 Å². The van der Waals surface area contributed by atoms with Crippen LogP contribution in [0.2, 0.25) is 0 Å². The van der Waals surface area contributed by atoms with E-state index in [1.54, 1.807) is 33.3 Å². The normalized spacial score (nSPS) is 11.8. The van der Waals surface area contributed by atoms with Gasteiger partial charge in [-0.1, -0.05) is 21.6 Å². The molecule has 12 heavy (non-hydrogen) atoms. The molecule has 0 unspecified atom stereocenters. The Morgan fingerprint density at radius 2 is 1.83 bits per heavy atom. The van der Waals surface area contributed by atoms with Crippen molar-refractivity contribution in [3.05, 3.63) is 0 Å². The summed E-state index contributed by atoms with van der Waals surface area (Å²) in [5, 5.41) is 2.13. The molecule has 0 bridgehead atoms. The summed E-state index contributed by atoms with van der Waals surface area (Å²) in [6, 6.07) is 0. The molecule has 0 heterocycles. The van der Waals surface area contributed by atoms with Gasteiger partial charge >= 0.3 is 0 Å². The Hall–Kier alpha value is 1.35. The Morgan fingerprint density at radius 1 is 1.17 bits per heavy atom. The monoisotopic (exact) mass is 264 g/mol. The first-order valence-electron chi connectivity index (χ1n) is 3.05. The highest BCUT2D eigenvalue weighted by Crippen LogP contribution is 2.24. The molecule has 0 saturated heterocycles. The van der Waals surface area contributed by atoms with Gasteiger partial charge in [-0.15, -0.1) is 23.5 Å². The van der Waals surface area contributed by atoms with Crippen LogP contribution in [0.3, 0.4) is 0 Å². The first-order chi connectivity index (χ1) is 5.56.